The molecule has 11 heteroatoms. The number of fused-ring (bicyclic) bond motifs is 2. The molecule has 242 valence electrons. The molecule has 3 aromatic carbocycles. The molecule has 0 unspecified atom stereocenters. The number of ether oxygens (including phenoxy) is 1. The number of nitrogens with zero attached hydrogens (tertiary/aromatic N) is 3. The van der Waals surface area contributed by atoms with Crippen molar-refractivity contribution >= 4 is 16.1 Å². The Balaban J connectivity index is 1.28. The zero-order chi connectivity index (χ0) is 32.7. The molecule has 2 atom stereocenters. The van der Waals surface area contributed by atoms with Crippen molar-refractivity contribution in [1.82, 2.24) is 14.1 Å². The van der Waals surface area contributed by atoms with Crippen LogP contribution in [0, 0.1) is 17.2 Å². The summed E-state index contributed by atoms with van der Waals surface area (Å²) < 4.78 is 90.7. The van der Waals surface area contributed by atoms with Crippen LogP contribution < -0.4 is 4.74 Å². The van der Waals surface area contributed by atoms with Crippen LogP contribution in [0.25, 0.3) is 11.8 Å². The normalized spacial score (nSPS) is 19.5. The van der Waals surface area contributed by atoms with E-state index < -0.39 is 27.5 Å². The molecule has 0 radical (unpaired) electrons. The molecular weight excluding hydrogens is 618 g/mol. The summed E-state index contributed by atoms with van der Waals surface area (Å²) in [5.41, 5.74) is 3.63. The van der Waals surface area contributed by atoms with Crippen molar-refractivity contribution < 1.29 is 30.7 Å². The Morgan fingerprint density at radius 3 is 2.57 bits per heavy atom. The van der Waals surface area contributed by atoms with Crippen LogP contribution >= 0.6 is 0 Å². The van der Waals surface area contributed by atoms with E-state index >= 15 is 0 Å². The van der Waals surface area contributed by atoms with Gasteiger partial charge < -0.3 is 4.74 Å². The molecule has 0 bridgehead atoms. The Labute approximate surface area is 266 Å². The number of benzene rings is 3. The highest BCUT2D eigenvalue weighted by Gasteiger charge is 2.47. The lowest BCUT2D eigenvalue weighted by atomic mass is 9.70. The van der Waals surface area contributed by atoms with Gasteiger partial charge in [0.05, 0.1) is 36.0 Å². The number of sulfonamides is 1. The van der Waals surface area contributed by atoms with Gasteiger partial charge in [0.15, 0.2) is 0 Å². The Hall–Kier alpha value is -3.96. The second-order valence-electron chi connectivity index (χ2n) is 12.3. The molecule has 0 aliphatic heterocycles. The summed E-state index contributed by atoms with van der Waals surface area (Å²) in [7, 11) is -2.46. The van der Waals surface area contributed by atoms with Crippen LogP contribution in [0.4, 0.5) is 17.6 Å². The minimum Gasteiger partial charge on any atom is -0.496 e. The molecule has 2 aliphatic rings. The molecule has 4 aromatic rings. The van der Waals surface area contributed by atoms with Crippen LogP contribution in [0.1, 0.15) is 47.7 Å². The van der Waals surface area contributed by atoms with Crippen molar-refractivity contribution in [3.05, 3.63) is 118 Å². The molecule has 1 aromatic heterocycles. The van der Waals surface area contributed by atoms with E-state index in [2.05, 4.69) is 18.1 Å². The number of halogens is 4. The molecule has 1 heterocycles. The maximum atomic E-state index is 14.0. The van der Waals surface area contributed by atoms with Gasteiger partial charge in [-0.05, 0) is 96.2 Å². The van der Waals surface area contributed by atoms with E-state index in [4.69, 9.17) is 4.74 Å². The molecule has 6 rings (SSSR count). The Morgan fingerprint density at radius 2 is 1.83 bits per heavy atom. The van der Waals surface area contributed by atoms with Gasteiger partial charge in [0.25, 0.3) is 0 Å². The van der Waals surface area contributed by atoms with Gasteiger partial charge in [-0.1, -0.05) is 48.9 Å². The third-order valence-electron chi connectivity index (χ3n) is 9.47. The maximum absolute atomic E-state index is 14.0. The van der Waals surface area contributed by atoms with E-state index in [0.29, 0.717) is 18.6 Å². The zero-order valence-electron chi connectivity index (χ0n) is 25.6. The molecule has 0 spiro atoms. The monoisotopic (exact) mass is 653 g/mol. The third kappa shape index (κ3) is 6.35. The molecule has 6 nitrogen and oxygen atoms in total. The Kier molecular flexibility index (Phi) is 8.58. The van der Waals surface area contributed by atoms with Crippen molar-refractivity contribution in [2.24, 2.45) is 11.3 Å². The number of aromatic nitrogens is 2. The van der Waals surface area contributed by atoms with Crippen molar-refractivity contribution in [3.8, 4) is 11.4 Å². The summed E-state index contributed by atoms with van der Waals surface area (Å²) in [6.07, 6.45) is 1.96. The second kappa shape index (κ2) is 12.3. The average Bonchev–Trinajstić information content (AvgIpc) is 3.56. The molecule has 1 saturated carbocycles. The van der Waals surface area contributed by atoms with Gasteiger partial charge >= 0.3 is 6.18 Å². The van der Waals surface area contributed by atoms with Gasteiger partial charge in [0.1, 0.15) is 11.6 Å². The maximum Gasteiger partial charge on any atom is 0.416 e. The van der Waals surface area contributed by atoms with E-state index in [9.17, 15) is 26.0 Å². The van der Waals surface area contributed by atoms with Crippen molar-refractivity contribution in [2.75, 3.05) is 20.2 Å². The van der Waals surface area contributed by atoms with E-state index in [1.807, 2.05) is 30.5 Å². The summed E-state index contributed by atoms with van der Waals surface area (Å²) in [4.78, 5) is 0. The number of rotatable bonds is 10. The van der Waals surface area contributed by atoms with Crippen LogP contribution in [0.5, 0.6) is 5.75 Å². The number of para-hydroxylation sites is 1. The highest BCUT2D eigenvalue weighted by Crippen LogP contribution is 2.53. The number of hydrogen-bond acceptors (Lipinski definition) is 4. The van der Waals surface area contributed by atoms with Gasteiger partial charge in [0.2, 0.25) is 10.0 Å². The van der Waals surface area contributed by atoms with Crippen LogP contribution in [0.2, 0.25) is 0 Å². The largest absolute Gasteiger partial charge is 0.496 e. The SMILES string of the molecule is COc1ccccc1CCN(C[C@H]1CCC2=Cc3c(cnn3-c3ccc(F)cc3)C[C@@]21C)S(=O)(=O)Cc1cccc(C(F)(F)F)c1. The van der Waals surface area contributed by atoms with Crippen LogP contribution in [-0.2, 0) is 34.8 Å². The fraction of sp³-hybridized carbons (Fsp3) is 0.343. The highest BCUT2D eigenvalue weighted by molar-refractivity contribution is 7.88. The number of alkyl halides is 3. The summed E-state index contributed by atoms with van der Waals surface area (Å²) in [6.45, 7) is 2.54. The number of methoxy groups -OCH3 is 1. The predicted molar refractivity (Wildman–Crippen MR) is 168 cm³/mol. The van der Waals surface area contributed by atoms with Crippen LogP contribution in [-0.4, -0.2) is 42.7 Å². The van der Waals surface area contributed by atoms with Gasteiger partial charge in [-0.2, -0.15) is 18.3 Å². The fourth-order valence-corrected chi connectivity index (χ4v) is 8.46. The lowest BCUT2D eigenvalue weighted by Crippen LogP contribution is -2.42. The second-order valence-corrected chi connectivity index (χ2v) is 14.3. The molecule has 0 N–H and O–H groups in total. The summed E-state index contributed by atoms with van der Waals surface area (Å²) in [5, 5.41) is 4.58. The first kappa shape index (κ1) is 32.0. The highest BCUT2D eigenvalue weighted by atomic mass is 32.2. The van der Waals surface area contributed by atoms with Gasteiger partial charge in [-0.3, -0.25) is 0 Å². The van der Waals surface area contributed by atoms with Crippen molar-refractivity contribution in [1.29, 1.82) is 0 Å². The van der Waals surface area contributed by atoms with E-state index in [1.165, 1.54) is 34.1 Å². The topological polar surface area (TPSA) is 64.4 Å². The summed E-state index contributed by atoms with van der Waals surface area (Å²) >= 11 is 0. The quantitative estimate of drug-likeness (QED) is 0.167. The molecule has 0 amide bonds. The first-order valence-corrected chi connectivity index (χ1v) is 16.8. The van der Waals surface area contributed by atoms with Gasteiger partial charge in [0, 0.05) is 13.1 Å². The molecule has 1 fully saturated rings. The molecule has 0 saturated heterocycles. The summed E-state index contributed by atoms with van der Waals surface area (Å²) in [6, 6.07) is 18.1. The molecular formula is C35H35F4N3O3S. The molecule has 2 aliphatic carbocycles. The fourth-order valence-electron chi connectivity index (χ4n) is 6.90. The average molecular weight is 654 g/mol. The lowest BCUT2D eigenvalue weighted by molar-refractivity contribution is -0.137. The van der Waals surface area contributed by atoms with Crippen molar-refractivity contribution in [3.63, 3.8) is 0 Å². The first-order valence-electron chi connectivity index (χ1n) is 15.2. The Morgan fingerprint density at radius 1 is 1.07 bits per heavy atom. The number of allylic oxidation sites excluding steroid dienone is 1. The van der Waals surface area contributed by atoms with Gasteiger partial charge in [-0.25, -0.2) is 21.8 Å². The minimum absolute atomic E-state index is 0.0324. The van der Waals surface area contributed by atoms with Crippen LogP contribution in [0.3, 0.4) is 0 Å². The van der Waals surface area contributed by atoms with E-state index in [1.54, 1.807) is 23.9 Å². The first-order chi connectivity index (χ1) is 21.9. The van der Waals surface area contributed by atoms with Crippen LogP contribution in [0.15, 0.2) is 84.6 Å². The Bertz CT molecular complexity index is 1870. The van der Waals surface area contributed by atoms with E-state index in [-0.39, 0.29) is 35.8 Å². The standard InChI is InChI=1S/C35H35F4N3O3S/c1-34-20-26-21-40-42(31-14-12-30(36)13-15-31)32(26)19-27(34)10-11-29(34)22-41(17-16-25-7-3-4-9-33(25)45-2)46(43,44)23-24-6-5-8-28(18-24)35(37,38)39/h3-9,12-15,18-19,21,29H,10-11,16-17,20,22-23H2,1-2H3/t29-,34+/m1/s1. The van der Waals surface area contributed by atoms with E-state index in [0.717, 1.165) is 47.5 Å². The number of hydrogen-bond donors (Lipinski definition) is 0. The minimum atomic E-state index is -4.57. The van der Waals surface area contributed by atoms with Crippen molar-refractivity contribution in [2.45, 2.75) is 44.5 Å². The smallest absolute Gasteiger partial charge is 0.416 e. The van der Waals surface area contributed by atoms with Gasteiger partial charge in [-0.15, -0.1) is 0 Å². The lowest BCUT2D eigenvalue weighted by Gasteiger charge is -2.38. The predicted octanol–water partition coefficient (Wildman–Crippen LogP) is 7.47. The molecule has 46 heavy (non-hydrogen) atoms. The zero-order valence-corrected chi connectivity index (χ0v) is 26.4. The third-order valence-corrected chi connectivity index (χ3v) is 11.3. The summed E-state index contributed by atoms with van der Waals surface area (Å²) in [5.74, 6) is -0.250.